The molecular weight excluding hydrogens is 322 g/mol. The molecule has 0 heterocycles. The Bertz CT molecular complexity index is 523. The summed E-state index contributed by atoms with van der Waals surface area (Å²) >= 11 is 0. The first-order valence-corrected chi connectivity index (χ1v) is 10.2. The molecule has 0 aliphatic heterocycles. The van der Waals surface area contributed by atoms with Crippen molar-refractivity contribution in [1.29, 1.82) is 0 Å². The molecule has 1 aromatic carbocycles. The lowest BCUT2D eigenvalue weighted by molar-refractivity contribution is -0.893. The average molecular weight is 363 g/mol. The number of carbonyl (C=O) groups is 1. The van der Waals surface area contributed by atoms with Crippen LogP contribution in [0.4, 0.5) is 5.69 Å². The zero-order valence-corrected chi connectivity index (χ0v) is 17.8. The number of hydrogen-bond donors (Lipinski definition) is 1. The molecule has 4 heteroatoms. The molecular formula is C22H40N3O+. The van der Waals surface area contributed by atoms with Gasteiger partial charge in [-0.3, -0.25) is 4.79 Å². The van der Waals surface area contributed by atoms with Gasteiger partial charge in [-0.25, -0.2) is 0 Å². The first kappa shape index (κ1) is 22.5. The number of anilines is 1. The van der Waals surface area contributed by atoms with Crippen molar-refractivity contribution in [3.63, 3.8) is 0 Å². The van der Waals surface area contributed by atoms with Gasteiger partial charge in [0, 0.05) is 44.2 Å². The molecule has 0 radical (unpaired) electrons. The van der Waals surface area contributed by atoms with Crippen molar-refractivity contribution in [2.24, 2.45) is 5.92 Å². The number of rotatable bonds is 12. The van der Waals surface area contributed by atoms with Crippen LogP contribution in [-0.4, -0.2) is 58.2 Å². The van der Waals surface area contributed by atoms with E-state index in [0.29, 0.717) is 0 Å². The summed E-state index contributed by atoms with van der Waals surface area (Å²) in [5, 5.41) is 3.06. The summed E-state index contributed by atoms with van der Waals surface area (Å²) in [5.74, 6) is 0.838. The van der Waals surface area contributed by atoms with Gasteiger partial charge in [-0.15, -0.1) is 0 Å². The van der Waals surface area contributed by atoms with Gasteiger partial charge in [0.2, 0.25) is 0 Å². The number of quaternary nitrogens is 1. The minimum atomic E-state index is 0.0231. The van der Waals surface area contributed by atoms with E-state index in [4.69, 9.17) is 0 Å². The molecule has 1 unspecified atom stereocenters. The van der Waals surface area contributed by atoms with Crippen molar-refractivity contribution in [3.8, 4) is 0 Å². The number of carbonyl (C=O) groups excluding carboxylic acids is 1. The number of benzene rings is 1. The van der Waals surface area contributed by atoms with Gasteiger partial charge in [0.15, 0.2) is 0 Å². The van der Waals surface area contributed by atoms with E-state index in [-0.39, 0.29) is 5.91 Å². The topological polar surface area (TPSA) is 32.3 Å². The first-order valence-electron chi connectivity index (χ1n) is 10.2. The van der Waals surface area contributed by atoms with Crippen LogP contribution < -0.4 is 10.2 Å². The van der Waals surface area contributed by atoms with Crippen molar-refractivity contribution in [3.05, 3.63) is 29.8 Å². The molecule has 1 amide bonds. The summed E-state index contributed by atoms with van der Waals surface area (Å²) in [6, 6.07) is 7.75. The van der Waals surface area contributed by atoms with Crippen molar-refractivity contribution >= 4 is 11.6 Å². The quantitative estimate of drug-likeness (QED) is 0.447. The first-order chi connectivity index (χ1) is 12.3. The zero-order valence-electron chi connectivity index (χ0n) is 17.8. The van der Waals surface area contributed by atoms with Gasteiger partial charge in [-0.2, -0.15) is 0 Å². The monoisotopic (exact) mass is 362 g/mol. The van der Waals surface area contributed by atoms with E-state index in [9.17, 15) is 4.79 Å². The third-order valence-corrected chi connectivity index (χ3v) is 5.17. The number of hydrogen-bond acceptors (Lipinski definition) is 2. The molecule has 0 saturated heterocycles. The molecule has 148 valence electrons. The van der Waals surface area contributed by atoms with Crippen molar-refractivity contribution in [1.82, 2.24) is 5.32 Å². The van der Waals surface area contributed by atoms with Crippen LogP contribution in [0.15, 0.2) is 24.3 Å². The van der Waals surface area contributed by atoms with E-state index in [1.807, 2.05) is 43.3 Å². The highest BCUT2D eigenvalue weighted by molar-refractivity contribution is 5.94. The second kappa shape index (κ2) is 11.2. The third-order valence-electron chi connectivity index (χ3n) is 5.17. The Labute approximate surface area is 161 Å². The lowest BCUT2D eigenvalue weighted by atomic mass is 9.98. The molecule has 0 aliphatic carbocycles. The lowest BCUT2D eigenvalue weighted by Crippen LogP contribution is -2.45. The molecule has 1 N–H and O–H groups in total. The summed E-state index contributed by atoms with van der Waals surface area (Å²) < 4.78 is 1.04. The normalized spacial score (nSPS) is 12.7. The summed E-state index contributed by atoms with van der Waals surface area (Å²) in [5.41, 5.74) is 1.84. The van der Waals surface area contributed by atoms with Crippen LogP contribution >= 0.6 is 0 Å². The van der Waals surface area contributed by atoms with Crippen LogP contribution in [0.5, 0.6) is 0 Å². The van der Waals surface area contributed by atoms with E-state index in [1.54, 1.807) is 0 Å². The molecule has 0 saturated carbocycles. The molecule has 0 bridgehead atoms. The van der Waals surface area contributed by atoms with Gasteiger partial charge in [0.25, 0.3) is 5.91 Å². The number of unbranched alkanes of at least 4 members (excludes halogenated alkanes) is 1. The van der Waals surface area contributed by atoms with Crippen LogP contribution in [0, 0.1) is 5.92 Å². The van der Waals surface area contributed by atoms with Gasteiger partial charge in [0.1, 0.15) is 0 Å². The summed E-state index contributed by atoms with van der Waals surface area (Å²) in [6.07, 6.45) is 6.24. The fourth-order valence-corrected chi connectivity index (χ4v) is 3.43. The van der Waals surface area contributed by atoms with Crippen LogP contribution in [0.3, 0.4) is 0 Å². The highest BCUT2D eigenvalue weighted by Gasteiger charge is 2.20. The predicted octanol–water partition coefficient (Wildman–Crippen LogP) is 4.17. The number of nitrogens with one attached hydrogen (secondary N) is 1. The van der Waals surface area contributed by atoms with Crippen molar-refractivity contribution in [2.45, 2.75) is 46.0 Å². The van der Waals surface area contributed by atoms with Crippen LogP contribution in [-0.2, 0) is 0 Å². The molecule has 0 spiro atoms. The fraction of sp³-hybridized carbons (Fsp3) is 0.682. The van der Waals surface area contributed by atoms with E-state index in [2.05, 4.69) is 33.3 Å². The molecule has 1 atom stereocenters. The second-order valence-corrected chi connectivity index (χ2v) is 8.31. The standard InChI is InChI=1S/C22H39N3O/c1-7-9-11-19(8-2)18-25(5,6)17-10-16-23-22(26)20-12-14-21(15-13-20)24(3)4/h12-15,19H,7-11,16-18H2,1-6H3/p+1. The van der Waals surface area contributed by atoms with Gasteiger partial charge in [-0.1, -0.05) is 26.7 Å². The average Bonchev–Trinajstić information content (AvgIpc) is 2.62. The van der Waals surface area contributed by atoms with Crippen molar-refractivity contribution < 1.29 is 9.28 Å². The fourth-order valence-electron chi connectivity index (χ4n) is 3.43. The Kier molecular flexibility index (Phi) is 9.71. The van der Waals surface area contributed by atoms with E-state index < -0.39 is 0 Å². The van der Waals surface area contributed by atoms with E-state index in [1.165, 1.54) is 32.2 Å². The van der Waals surface area contributed by atoms with Gasteiger partial charge < -0.3 is 14.7 Å². The second-order valence-electron chi connectivity index (χ2n) is 8.31. The SMILES string of the molecule is CCCCC(CC)C[N+](C)(C)CCCNC(=O)c1ccc(N(C)C)cc1. The molecule has 1 rings (SSSR count). The van der Waals surface area contributed by atoms with Crippen LogP contribution in [0.2, 0.25) is 0 Å². The molecule has 0 aliphatic rings. The highest BCUT2D eigenvalue weighted by atomic mass is 16.1. The molecule has 0 fully saturated rings. The smallest absolute Gasteiger partial charge is 0.251 e. The maximum Gasteiger partial charge on any atom is 0.251 e. The highest BCUT2D eigenvalue weighted by Crippen LogP contribution is 2.17. The van der Waals surface area contributed by atoms with Gasteiger partial charge in [0.05, 0.1) is 27.2 Å². The maximum absolute atomic E-state index is 12.3. The maximum atomic E-state index is 12.3. The molecule has 0 aromatic heterocycles. The van der Waals surface area contributed by atoms with E-state index in [0.717, 1.165) is 41.2 Å². The summed E-state index contributed by atoms with van der Waals surface area (Å²) in [6.45, 7) is 7.65. The predicted molar refractivity (Wildman–Crippen MR) is 113 cm³/mol. The lowest BCUT2D eigenvalue weighted by Gasteiger charge is -2.33. The zero-order chi connectivity index (χ0) is 19.6. The Hall–Kier alpha value is -1.55. The van der Waals surface area contributed by atoms with E-state index >= 15 is 0 Å². The summed E-state index contributed by atoms with van der Waals surface area (Å²) in [4.78, 5) is 14.3. The minimum Gasteiger partial charge on any atom is -0.378 e. The minimum absolute atomic E-state index is 0.0231. The molecule has 4 nitrogen and oxygen atoms in total. The number of amides is 1. The Morgan fingerprint density at radius 1 is 1.12 bits per heavy atom. The largest absolute Gasteiger partial charge is 0.378 e. The molecule has 26 heavy (non-hydrogen) atoms. The van der Waals surface area contributed by atoms with Gasteiger partial charge in [-0.05, 0) is 37.1 Å². The molecule has 1 aromatic rings. The Balaban J connectivity index is 2.36. The van der Waals surface area contributed by atoms with Crippen molar-refractivity contribution in [2.75, 3.05) is 52.7 Å². The Morgan fingerprint density at radius 2 is 1.77 bits per heavy atom. The third kappa shape index (κ3) is 8.22. The van der Waals surface area contributed by atoms with Crippen LogP contribution in [0.25, 0.3) is 0 Å². The van der Waals surface area contributed by atoms with Crippen LogP contribution in [0.1, 0.15) is 56.3 Å². The van der Waals surface area contributed by atoms with Gasteiger partial charge >= 0.3 is 0 Å². The number of nitrogens with zero attached hydrogens (tertiary/aromatic N) is 2. The summed E-state index contributed by atoms with van der Waals surface area (Å²) in [7, 11) is 8.63. The Morgan fingerprint density at radius 3 is 2.31 bits per heavy atom.